The largest absolute Gasteiger partial charge is 0.418 e. The second-order valence-corrected chi connectivity index (χ2v) is 5.42. The molecule has 0 amide bonds. The minimum Gasteiger partial charge on any atom is -0.378 e. The van der Waals surface area contributed by atoms with E-state index in [1.54, 1.807) is 6.07 Å². The van der Waals surface area contributed by atoms with E-state index in [1.807, 2.05) is 43.3 Å². The van der Waals surface area contributed by atoms with Crippen LogP contribution in [0.4, 0.5) is 18.9 Å². The molecule has 0 saturated carbocycles. The van der Waals surface area contributed by atoms with Gasteiger partial charge in [0.2, 0.25) is 0 Å². The molecule has 0 spiro atoms. The summed E-state index contributed by atoms with van der Waals surface area (Å²) in [6.07, 6.45) is -3.13. The first-order chi connectivity index (χ1) is 10.9. The summed E-state index contributed by atoms with van der Waals surface area (Å²) in [5.41, 5.74) is 1.66. The van der Waals surface area contributed by atoms with Crippen molar-refractivity contribution >= 4 is 16.6 Å². The maximum absolute atomic E-state index is 13.1. The first kappa shape index (κ1) is 15.3. The van der Waals surface area contributed by atoms with Crippen LogP contribution in [0.25, 0.3) is 22.0 Å². The summed E-state index contributed by atoms with van der Waals surface area (Å²) in [4.78, 5) is 5.85. The third-order valence-corrected chi connectivity index (χ3v) is 3.69. The molecule has 0 fully saturated rings. The van der Waals surface area contributed by atoms with Crippen LogP contribution in [0, 0.1) is 6.07 Å². The standard InChI is InChI=1S/C18H14F3N2/c1-23(2)13-8-6-12(7-9-13)14-10-11-22-17-15(14)4-3-5-16(17)18(19,20)21/h3-9,11H,1-2H3. The van der Waals surface area contributed by atoms with E-state index in [-0.39, 0.29) is 5.52 Å². The van der Waals surface area contributed by atoms with Crippen molar-refractivity contribution in [2.45, 2.75) is 6.18 Å². The lowest BCUT2D eigenvalue weighted by atomic mass is 9.99. The van der Waals surface area contributed by atoms with Crippen LogP contribution in [0.1, 0.15) is 5.56 Å². The number of anilines is 1. The van der Waals surface area contributed by atoms with Crippen LogP contribution in [-0.4, -0.2) is 19.1 Å². The molecule has 5 heteroatoms. The minimum atomic E-state index is -4.43. The Kier molecular flexibility index (Phi) is 3.72. The third kappa shape index (κ3) is 2.86. The van der Waals surface area contributed by atoms with Crippen molar-refractivity contribution in [1.82, 2.24) is 4.98 Å². The summed E-state index contributed by atoms with van der Waals surface area (Å²) >= 11 is 0. The zero-order chi connectivity index (χ0) is 16.6. The van der Waals surface area contributed by atoms with Gasteiger partial charge in [-0.1, -0.05) is 24.3 Å². The first-order valence-electron chi connectivity index (χ1n) is 7.02. The molecule has 0 aliphatic carbocycles. The van der Waals surface area contributed by atoms with Crippen LogP contribution >= 0.6 is 0 Å². The Labute approximate surface area is 132 Å². The van der Waals surface area contributed by atoms with E-state index < -0.39 is 11.7 Å². The summed E-state index contributed by atoms with van der Waals surface area (Å²) in [5, 5.41) is 0.444. The Balaban J connectivity index is 2.19. The molecule has 1 radical (unpaired) electrons. The lowest BCUT2D eigenvalue weighted by Crippen LogP contribution is -2.08. The fourth-order valence-corrected chi connectivity index (χ4v) is 2.52. The van der Waals surface area contributed by atoms with E-state index in [1.165, 1.54) is 12.3 Å². The van der Waals surface area contributed by atoms with Crippen molar-refractivity contribution < 1.29 is 13.2 Å². The number of aromatic nitrogens is 1. The van der Waals surface area contributed by atoms with E-state index in [2.05, 4.69) is 11.1 Å². The van der Waals surface area contributed by atoms with E-state index in [0.29, 0.717) is 10.9 Å². The van der Waals surface area contributed by atoms with E-state index >= 15 is 0 Å². The number of alkyl halides is 3. The molecule has 3 rings (SSSR count). The third-order valence-electron chi connectivity index (χ3n) is 3.69. The van der Waals surface area contributed by atoms with Gasteiger partial charge < -0.3 is 4.90 Å². The molecule has 0 unspecified atom stereocenters. The van der Waals surface area contributed by atoms with Crippen LogP contribution in [0.2, 0.25) is 0 Å². The average molecular weight is 315 g/mol. The van der Waals surface area contributed by atoms with Gasteiger partial charge in [0.15, 0.2) is 0 Å². The molecule has 1 heterocycles. The number of nitrogens with zero attached hydrogens (tertiary/aromatic N) is 2. The van der Waals surface area contributed by atoms with Crippen LogP contribution in [0.5, 0.6) is 0 Å². The molecular formula is C18H14F3N2. The highest BCUT2D eigenvalue weighted by Gasteiger charge is 2.33. The van der Waals surface area contributed by atoms with Gasteiger partial charge in [0.1, 0.15) is 0 Å². The topological polar surface area (TPSA) is 16.1 Å². The van der Waals surface area contributed by atoms with Gasteiger partial charge in [-0.3, -0.25) is 4.98 Å². The molecule has 0 bridgehead atoms. The van der Waals surface area contributed by atoms with E-state index in [0.717, 1.165) is 17.3 Å². The van der Waals surface area contributed by atoms with Crippen LogP contribution in [0.15, 0.2) is 48.7 Å². The van der Waals surface area contributed by atoms with Crippen molar-refractivity contribution in [3.05, 3.63) is 60.3 Å². The number of pyridine rings is 1. The number of halogens is 3. The smallest absolute Gasteiger partial charge is 0.378 e. The minimum absolute atomic E-state index is 0.0505. The van der Waals surface area contributed by atoms with Gasteiger partial charge in [-0.15, -0.1) is 0 Å². The lowest BCUT2D eigenvalue weighted by molar-refractivity contribution is -0.136. The molecule has 0 saturated heterocycles. The molecule has 23 heavy (non-hydrogen) atoms. The second kappa shape index (κ2) is 5.57. The van der Waals surface area contributed by atoms with Gasteiger partial charge in [0.25, 0.3) is 0 Å². The van der Waals surface area contributed by atoms with Crippen molar-refractivity contribution in [3.8, 4) is 11.1 Å². The summed E-state index contributed by atoms with van der Waals surface area (Å²) in [6.45, 7) is 0. The van der Waals surface area contributed by atoms with Gasteiger partial charge in [-0.25, -0.2) is 0 Å². The number of benzene rings is 2. The zero-order valence-corrected chi connectivity index (χ0v) is 12.6. The number of para-hydroxylation sites is 1. The molecule has 2 nitrogen and oxygen atoms in total. The Hall–Kier alpha value is -2.56. The molecule has 0 N–H and O–H groups in total. The summed E-state index contributed by atoms with van der Waals surface area (Å²) in [7, 11) is 3.86. The average Bonchev–Trinajstić information content (AvgIpc) is 2.53. The Morgan fingerprint density at radius 3 is 2.30 bits per heavy atom. The SMILES string of the molecule is CN(C)c1ccc(-c2[c]cnc3c(C(F)(F)F)cccc23)cc1. The highest BCUT2D eigenvalue weighted by Crippen LogP contribution is 2.36. The molecule has 2 aromatic carbocycles. The van der Waals surface area contributed by atoms with Crippen molar-refractivity contribution in [2.24, 2.45) is 0 Å². The normalized spacial score (nSPS) is 11.7. The van der Waals surface area contributed by atoms with Gasteiger partial charge in [0.05, 0.1) is 11.1 Å². The monoisotopic (exact) mass is 315 g/mol. The predicted octanol–water partition coefficient (Wildman–Crippen LogP) is 4.79. The Morgan fingerprint density at radius 1 is 1.00 bits per heavy atom. The van der Waals surface area contributed by atoms with Crippen molar-refractivity contribution in [1.29, 1.82) is 0 Å². The number of hydrogen-bond acceptors (Lipinski definition) is 2. The Bertz CT molecular complexity index is 837. The highest BCUT2D eigenvalue weighted by atomic mass is 19.4. The van der Waals surface area contributed by atoms with Gasteiger partial charge in [-0.05, 0) is 23.8 Å². The maximum atomic E-state index is 13.1. The summed E-state index contributed by atoms with van der Waals surface area (Å²) in [6, 6.07) is 14.6. The molecular weight excluding hydrogens is 301 g/mol. The zero-order valence-electron chi connectivity index (χ0n) is 12.6. The number of hydrogen-bond donors (Lipinski definition) is 0. The van der Waals surface area contributed by atoms with Crippen molar-refractivity contribution in [3.63, 3.8) is 0 Å². The highest BCUT2D eigenvalue weighted by molar-refractivity contribution is 5.96. The molecule has 0 atom stereocenters. The number of rotatable bonds is 2. The lowest BCUT2D eigenvalue weighted by Gasteiger charge is -2.14. The number of fused-ring (bicyclic) bond motifs is 1. The van der Waals surface area contributed by atoms with Crippen LogP contribution < -0.4 is 4.90 Å². The van der Waals surface area contributed by atoms with Crippen LogP contribution in [0.3, 0.4) is 0 Å². The predicted molar refractivity (Wildman–Crippen MR) is 85.3 cm³/mol. The molecule has 3 aromatic rings. The molecule has 117 valence electrons. The Morgan fingerprint density at radius 2 is 1.70 bits per heavy atom. The van der Waals surface area contributed by atoms with E-state index in [4.69, 9.17) is 0 Å². The summed E-state index contributed by atoms with van der Waals surface area (Å²) < 4.78 is 39.4. The summed E-state index contributed by atoms with van der Waals surface area (Å²) in [5.74, 6) is 0. The molecule has 1 aromatic heterocycles. The van der Waals surface area contributed by atoms with Gasteiger partial charge in [-0.2, -0.15) is 13.2 Å². The fourth-order valence-electron chi connectivity index (χ4n) is 2.52. The quantitative estimate of drug-likeness (QED) is 0.676. The first-order valence-corrected chi connectivity index (χ1v) is 7.02. The second-order valence-electron chi connectivity index (χ2n) is 5.42. The fraction of sp³-hybridized carbons (Fsp3) is 0.167. The van der Waals surface area contributed by atoms with E-state index in [9.17, 15) is 13.2 Å². The van der Waals surface area contributed by atoms with Crippen LogP contribution in [-0.2, 0) is 6.18 Å². The van der Waals surface area contributed by atoms with Crippen molar-refractivity contribution in [2.75, 3.05) is 19.0 Å². The molecule has 0 aliphatic rings. The maximum Gasteiger partial charge on any atom is 0.418 e. The van der Waals surface area contributed by atoms with Gasteiger partial charge >= 0.3 is 6.18 Å². The van der Waals surface area contributed by atoms with Gasteiger partial charge in [0, 0.05) is 43.0 Å². The molecule has 0 aliphatic heterocycles.